The summed E-state index contributed by atoms with van der Waals surface area (Å²) in [5.41, 5.74) is 0.584. The maximum atomic E-state index is 12.6. The number of ether oxygens (including phenoxy) is 1. The fourth-order valence-electron chi connectivity index (χ4n) is 1.21. The van der Waals surface area contributed by atoms with Crippen LogP contribution in [-0.2, 0) is 4.74 Å². The minimum absolute atomic E-state index is 0.0364. The summed E-state index contributed by atoms with van der Waals surface area (Å²) in [6, 6.07) is 5.56. The van der Waals surface area contributed by atoms with Crippen LogP contribution in [0.15, 0.2) is 24.3 Å². The average molecular weight is 211 g/mol. The lowest BCUT2D eigenvalue weighted by Gasteiger charge is -2.11. The van der Waals surface area contributed by atoms with Crippen LogP contribution in [0.4, 0.5) is 4.39 Å². The predicted molar refractivity (Wildman–Crippen MR) is 55.3 cm³/mol. The first-order valence-corrected chi connectivity index (χ1v) is 4.77. The van der Waals surface area contributed by atoms with Gasteiger partial charge in [-0.1, -0.05) is 12.1 Å². The minimum atomic E-state index is -0.815. The Bertz CT molecular complexity index is 324. The Hall–Kier alpha value is -1.42. The van der Waals surface area contributed by atoms with E-state index in [1.807, 2.05) is 0 Å². The summed E-state index contributed by atoms with van der Waals surface area (Å²) >= 11 is 0. The third-order valence-corrected chi connectivity index (χ3v) is 1.95. The van der Waals surface area contributed by atoms with Crippen LogP contribution in [-0.4, -0.2) is 17.6 Å². The molecule has 15 heavy (non-hydrogen) atoms. The Kier molecular flexibility index (Phi) is 4.24. The molecule has 0 bridgehead atoms. The Morgan fingerprint density at radius 1 is 1.47 bits per heavy atom. The normalized spacial score (nSPS) is 12.2. The number of hydrogen-bond donors (Lipinski definition) is 2. The molecule has 0 saturated heterocycles. The van der Waals surface area contributed by atoms with Crippen molar-refractivity contribution >= 4 is 5.90 Å². The van der Waals surface area contributed by atoms with E-state index in [1.165, 1.54) is 24.3 Å². The fourth-order valence-corrected chi connectivity index (χ4v) is 1.21. The molecule has 1 aromatic carbocycles. The first-order chi connectivity index (χ1) is 7.13. The van der Waals surface area contributed by atoms with E-state index in [-0.39, 0.29) is 18.1 Å². The largest absolute Gasteiger partial charge is 0.481 e. The molecule has 0 aliphatic carbocycles. The lowest BCUT2D eigenvalue weighted by Crippen LogP contribution is -2.09. The predicted octanol–water partition coefficient (Wildman–Crippen LogP) is 2.26. The number of rotatable bonds is 4. The van der Waals surface area contributed by atoms with Crippen LogP contribution in [0.5, 0.6) is 0 Å². The molecule has 0 radical (unpaired) electrons. The van der Waals surface area contributed by atoms with Gasteiger partial charge in [0.05, 0.1) is 19.1 Å². The highest BCUT2D eigenvalue weighted by atomic mass is 19.1. The molecule has 0 aliphatic heterocycles. The molecule has 0 aliphatic rings. The monoisotopic (exact) mass is 211 g/mol. The molecular weight excluding hydrogens is 197 g/mol. The molecule has 1 rings (SSSR count). The van der Waals surface area contributed by atoms with E-state index in [0.717, 1.165) is 0 Å². The third-order valence-electron chi connectivity index (χ3n) is 1.95. The Morgan fingerprint density at radius 3 is 2.60 bits per heavy atom. The van der Waals surface area contributed by atoms with E-state index in [2.05, 4.69) is 0 Å². The second-order valence-electron chi connectivity index (χ2n) is 3.13. The van der Waals surface area contributed by atoms with E-state index in [0.29, 0.717) is 12.2 Å². The zero-order valence-corrected chi connectivity index (χ0v) is 8.53. The van der Waals surface area contributed by atoms with Crippen LogP contribution in [0.25, 0.3) is 0 Å². The smallest absolute Gasteiger partial charge is 0.183 e. The summed E-state index contributed by atoms with van der Waals surface area (Å²) < 4.78 is 17.5. The van der Waals surface area contributed by atoms with Crippen LogP contribution in [0.2, 0.25) is 0 Å². The molecule has 1 aromatic rings. The Labute approximate surface area is 88.0 Å². The molecule has 2 N–H and O–H groups in total. The quantitative estimate of drug-likeness (QED) is 0.593. The topological polar surface area (TPSA) is 53.3 Å². The van der Waals surface area contributed by atoms with Gasteiger partial charge in [-0.25, -0.2) is 4.39 Å². The molecule has 0 heterocycles. The van der Waals surface area contributed by atoms with Crippen molar-refractivity contribution in [1.82, 2.24) is 0 Å². The summed E-state index contributed by atoms with van der Waals surface area (Å²) in [5.74, 6) is -0.305. The maximum Gasteiger partial charge on any atom is 0.183 e. The number of nitrogens with one attached hydrogen (secondary N) is 1. The molecule has 1 atom stereocenters. The number of aliphatic hydroxyl groups excluding tert-OH is 1. The van der Waals surface area contributed by atoms with Crippen molar-refractivity contribution in [3.63, 3.8) is 0 Å². The van der Waals surface area contributed by atoms with Gasteiger partial charge < -0.3 is 9.84 Å². The Balaban J connectivity index is 2.57. The highest BCUT2D eigenvalue weighted by molar-refractivity contribution is 5.73. The van der Waals surface area contributed by atoms with Crippen molar-refractivity contribution in [2.24, 2.45) is 0 Å². The molecule has 0 saturated carbocycles. The second-order valence-corrected chi connectivity index (χ2v) is 3.13. The zero-order chi connectivity index (χ0) is 11.3. The van der Waals surface area contributed by atoms with Gasteiger partial charge in [0.1, 0.15) is 5.82 Å². The van der Waals surface area contributed by atoms with Gasteiger partial charge in [0.15, 0.2) is 5.90 Å². The van der Waals surface area contributed by atoms with E-state index >= 15 is 0 Å². The van der Waals surface area contributed by atoms with Crippen LogP contribution in [0.1, 0.15) is 25.0 Å². The number of benzene rings is 1. The van der Waals surface area contributed by atoms with Crippen molar-refractivity contribution < 1.29 is 14.2 Å². The van der Waals surface area contributed by atoms with Gasteiger partial charge in [-0.05, 0) is 24.6 Å². The first-order valence-electron chi connectivity index (χ1n) is 4.77. The van der Waals surface area contributed by atoms with E-state index in [4.69, 9.17) is 10.1 Å². The second kappa shape index (κ2) is 5.46. The molecular formula is C11H14FNO2. The highest BCUT2D eigenvalue weighted by Gasteiger charge is 2.10. The van der Waals surface area contributed by atoms with Crippen molar-refractivity contribution in [2.45, 2.75) is 19.4 Å². The van der Waals surface area contributed by atoms with E-state index in [1.54, 1.807) is 6.92 Å². The van der Waals surface area contributed by atoms with E-state index in [9.17, 15) is 9.50 Å². The summed E-state index contributed by atoms with van der Waals surface area (Å²) in [4.78, 5) is 0. The highest BCUT2D eigenvalue weighted by Crippen LogP contribution is 2.17. The van der Waals surface area contributed by atoms with Gasteiger partial charge in [-0.3, -0.25) is 5.41 Å². The summed E-state index contributed by atoms with van der Waals surface area (Å²) in [6.07, 6.45) is -0.705. The Morgan fingerprint density at radius 2 is 2.07 bits per heavy atom. The third kappa shape index (κ3) is 3.67. The van der Waals surface area contributed by atoms with Gasteiger partial charge in [0, 0.05) is 0 Å². The van der Waals surface area contributed by atoms with Gasteiger partial charge in [-0.15, -0.1) is 0 Å². The van der Waals surface area contributed by atoms with Gasteiger partial charge in [0.25, 0.3) is 0 Å². The number of halogens is 1. The first kappa shape index (κ1) is 11.7. The molecule has 0 fully saturated rings. The van der Waals surface area contributed by atoms with Gasteiger partial charge in [0.2, 0.25) is 0 Å². The summed E-state index contributed by atoms with van der Waals surface area (Å²) in [5, 5.41) is 17.0. The molecule has 0 spiro atoms. The molecule has 0 amide bonds. The number of hydrogen-bond acceptors (Lipinski definition) is 3. The van der Waals surface area contributed by atoms with Crippen LogP contribution < -0.4 is 0 Å². The van der Waals surface area contributed by atoms with E-state index < -0.39 is 6.10 Å². The molecule has 0 aromatic heterocycles. The molecule has 1 unspecified atom stereocenters. The van der Waals surface area contributed by atoms with Crippen LogP contribution in [0, 0.1) is 11.2 Å². The zero-order valence-electron chi connectivity index (χ0n) is 8.53. The number of aliphatic hydroxyl groups is 1. The lowest BCUT2D eigenvalue weighted by atomic mass is 10.1. The van der Waals surface area contributed by atoms with Crippen LogP contribution >= 0.6 is 0 Å². The van der Waals surface area contributed by atoms with Crippen molar-refractivity contribution in [1.29, 1.82) is 5.41 Å². The van der Waals surface area contributed by atoms with Gasteiger partial charge >= 0.3 is 0 Å². The van der Waals surface area contributed by atoms with Gasteiger partial charge in [-0.2, -0.15) is 0 Å². The fraction of sp³-hybridized carbons (Fsp3) is 0.364. The van der Waals surface area contributed by atoms with Crippen molar-refractivity contribution in [3.05, 3.63) is 35.6 Å². The summed E-state index contributed by atoms with van der Waals surface area (Å²) in [6.45, 7) is 2.19. The van der Waals surface area contributed by atoms with Crippen molar-refractivity contribution in [2.75, 3.05) is 6.61 Å². The van der Waals surface area contributed by atoms with Crippen molar-refractivity contribution in [3.8, 4) is 0 Å². The van der Waals surface area contributed by atoms with Crippen LogP contribution in [0.3, 0.4) is 0 Å². The molecule has 4 heteroatoms. The lowest BCUT2D eigenvalue weighted by molar-refractivity contribution is 0.173. The molecule has 82 valence electrons. The molecule has 3 nitrogen and oxygen atoms in total. The SMILES string of the molecule is CCOC(=N)CC(O)c1ccc(F)cc1. The standard InChI is InChI=1S/C11H14FNO2/c1-2-15-11(13)7-10(14)8-3-5-9(12)6-4-8/h3-6,10,13-14H,2,7H2,1H3. The minimum Gasteiger partial charge on any atom is -0.481 e. The maximum absolute atomic E-state index is 12.6. The average Bonchev–Trinajstić information content (AvgIpc) is 2.18. The summed E-state index contributed by atoms with van der Waals surface area (Å²) in [7, 11) is 0.